The minimum absolute atomic E-state index is 0.242. The first-order valence-electron chi connectivity index (χ1n) is 6.23. The van der Waals surface area contributed by atoms with E-state index in [0.717, 1.165) is 11.3 Å². The lowest BCUT2D eigenvalue weighted by atomic mass is 10.1. The Bertz CT molecular complexity index is 608. The third-order valence-electron chi connectivity index (χ3n) is 3.23. The van der Waals surface area contributed by atoms with Gasteiger partial charge in [-0.05, 0) is 65.5 Å². The fourth-order valence-electron chi connectivity index (χ4n) is 2.07. The highest BCUT2D eigenvalue weighted by Gasteiger charge is 2.06. The number of benzene rings is 2. The molecule has 0 fully saturated rings. The molecule has 3 heteroatoms. The zero-order chi connectivity index (χ0) is 14.0. The standard InChI is InChI=1S/C16H17BrFN/c1-10-4-5-13(11(2)6-10)9-19-16-8-15(18)14(17)7-12(16)3/h4-8,19H,9H2,1-3H3. The van der Waals surface area contributed by atoms with E-state index in [0.29, 0.717) is 11.0 Å². The van der Waals surface area contributed by atoms with Crippen molar-refractivity contribution in [1.29, 1.82) is 0 Å². The Morgan fingerprint density at radius 1 is 1.05 bits per heavy atom. The van der Waals surface area contributed by atoms with Crippen molar-refractivity contribution in [2.45, 2.75) is 27.3 Å². The quantitative estimate of drug-likeness (QED) is 0.826. The molecule has 0 saturated heterocycles. The fourth-order valence-corrected chi connectivity index (χ4v) is 2.53. The molecule has 100 valence electrons. The van der Waals surface area contributed by atoms with Gasteiger partial charge in [-0.2, -0.15) is 0 Å². The van der Waals surface area contributed by atoms with Gasteiger partial charge in [0.15, 0.2) is 0 Å². The Morgan fingerprint density at radius 2 is 1.79 bits per heavy atom. The molecule has 19 heavy (non-hydrogen) atoms. The molecule has 0 amide bonds. The maximum absolute atomic E-state index is 13.5. The molecular weight excluding hydrogens is 305 g/mol. The normalized spacial score (nSPS) is 10.6. The summed E-state index contributed by atoms with van der Waals surface area (Å²) in [7, 11) is 0. The van der Waals surface area contributed by atoms with Crippen LogP contribution in [0.15, 0.2) is 34.8 Å². The van der Waals surface area contributed by atoms with E-state index in [1.165, 1.54) is 22.8 Å². The number of rotatable bonds is 3. The second-order valence-electron chi connectivity index (χ2n) is 4.86. The first-order chi connectivity index (χ1) is 8.97. The van der Waals surface area contributed by atoms with Crippen molar-refractivity contribution in [2.75, 3.05) is 5.32 Å². The van der Waals surface area contributed by atoms with E-state index in [4.69, 9.17) is 0 Å². The first-order valence-corrected chi connectivity index (χ1v) is 7.02. The number of anilines is 1. The van der Waals surface area contributed by atoms with Crippen LogP contribution in [0.5, 0.6) is 0 Å². The van der Waals surface area contributed by atoms with Crippen LogP contribution in [-0.4, -0.2) is 0 Å². The van der Waals surface area contributed by atoms with E-state index in [2.05, 4.69) is 53.3 Å². The monoisotopic (exact) mass is 321 g/mol. The Balaban J connectivity index is 2.16. The predicted molar refractivity (Wildman–Crippen MR) is 82.1 cm³/mol. The Hall–Kier alpha value is -1.35. The summed E-state index contributed by atoms with van der Waals surface area (Å²) < 4.78 is 14.0. The summed E-state index contributed by atoms with van der Waals surface area (Å²) in [6, 6.07) is 9.69. The SMILES string of the molecule is Cc1ccc(CNc2cc(F)c(Br)cc2C)c(C)c1. The van der Waals surface area contributed by atoms with Gasteiger partial charge in [0.1, 0.15) is 5.82 Å². The number of hydrogen-bond acceptors (Lipinski definition) is 1. The molecular formula is C16H17BrFN. The van der Waals surface area contributed by atoms with Crippen LogP contribution in [0.2, 0.25) is 0 Å². The summed E-state index contributed by atoms with van der Waals surface area (Å²) in [6.45, 7) is 6.85. The minimum atomic E-state index is -0.242. The first kappa shape index (κ1) is 14.1. The lowest BCUT2D eigenvalue weighted by molar-refractivity contribution is 0.621. The van der Waals surface area contributed by atoms with Gasteiger partial charge in [0.2, 0.25) is 0 Å². The molecule has 0 saturated carbocycles. The largest absolute Gasteiger partial charge is 0.381 e. The molecule has 0 atom stereocenters. The highest BCUT2D eigenvalue weighted by Crippen LogP contribution is 2.24. The van der Waals surface area contributed by atoms with Crippen LogP contribution in [0.3, 0.4) is 0 Å². The van der Waals surface area contributed by atoms with Gasteiger partial charge in [-0.15, -0.1) is 0 Å². The van der Waals surface area contributed by atoms with Gasteiger partial charge >= 0.3 is 0 Å². The maximum Gasteiger partial charge on any atom is 0.139 e. The van der Waals surface area contributed by atoms with Gasteiger partial charge in [0.05, 0.1) is 4.47 Å². The van der Waals surface area contributed by atoms with Gasteiger partial charge in [-0.1, -0.05) is 23.8 Å². The topological polar surface area (TPSA) is 12.0 Å². The van der Waals surface area contributed by atoms with E-state index in [1.54, 1.807) is 6.07 Å². The van der Waals surface area contributed by atoms with E-state index in [1.807, 2.05) is 6.92 Å². The van der Waals surface area contributed by atoms with Crippen molar-refractivity contribution in [2.24, 2.45) is 0 Å². The van der Waals surface area contributed by atoms with Crippen molar-refractivity contribution in [3.63, 3.8) is 0 Å². The molecule has 0 aliphatic rings. The molecule has 2 rings (SSSR count). The van der Waals surface area contributed by atoms with E-state index in [-0.39, 0.29) is 5.82 Å². The van der Waals surface area contributed by atoms with Crippen molar-refractivity contribution in [1.82, 2.24) is 0 Å². The molecule has 2 aromatic carbocycles. The molecule has 0 spiro atoms. The Kier molecular flexibility index (Phi) is 4.25. The summed E-state index contributed by atoms with van der Waals surface area (Å²) in [5.41, 5.74) is 5.60. The molecule has 0 radical (unpaired) electrons. The maximum atomic E-state index is 13.5. The lowest BCUT2D eigenvalue weighted by Crippen LogP contribution is -2.03. The second kappa shape index (κ2) is 5.74. The average molecular weight is 322 g/mol. The van der Waals surface area contributed by atoms with Crippen molar-refractivity contribution in [3.05, 3.63) is 62.9 Å². The summed E-state index contributed by atoms with van der Waals surface area (Å²) in [5.74, 6) is -0.242. The average Bonchev–Trinajstić information content (AvgIpc) is 2.34. The molecule has 0 unspecified atom stereocenters. The highest BCUT2D eigenvalue weighted by atomic mass is 79.9. The van der Waals surface area contributed by atoms with Gasteiger partial charge in [0, 0.05) is 12.2 Å². The number of hydrogen-bond donors (Lipinski definition) is 1. The highest BCUT2D eigenvalue weighted by molar-refractivity contribution is 9.10. The number of aryl methyl sites for hydroxylation is 3. The summed E-state index contributed by atoms with van der Waals surface area (Å²) in [5, 5.41) is 3.30. The van der Waals surface area contributed by atoms with Gasteiger partial charge in [0.25, 0.3) is 0 Å². The lowest BCUT2D eigenvalue weighted by Gasteiger charge is -2.12. The third-order valence-corrected chi connectivity index (χ3v) is 3.84. The predicted octanol–water partition coefficient (Wildman–Crippen LogP) is 5.13. The van der Waals surface area contributed by atoms with Crippen LogP contribution < -0.4 is 5.32 Å². The Labute approximate surface area is 122 Å². The molecule has 0 heterocycles. The summed E-state index contributed by atoms with van der Waals surface area (Å²) in [4.78, 5) is 0. The van der Waals surface area contributed by atoms with Crippen LogP contribution in [0.25, 0.3) is 0 Å². The van der Waals surface area contributed by atoms with E-state index in [9.17, 15) is 4.39 Å². The smallest absolute Gasteiger partial charge is 0.139 e. The summed E-state index contributed by atoms with van der Waals surface area (Å²) >= 11 is 3.19. The van der Waals surface area contributed by atoms with E-state index < -0.39 is 0 Å². The van der Waals surface area contributed by atoms with Crippen LogP contribution >= 0.6 is 15.9 Å². The Morgan fingerprint density at radius 3 is 2.47 bits per heavy atom. The van der Waals surface area contributed by atoms with Crippen molar-refractivity contribution >= 4 is 21.6 Å². The number of nitrogens with one attached hydrogen (secondary N) is 1. The zero-order valence-corrected chi connectivity index (χ0v) is 12.9. The molecule has 0 aliphatic carbocycles. The van der Waals surface area contributed by atoms with Crippen LogP contribution in [0.4, 0.5) is 10.1 Å². The van der Waals surface area contributed by atoms with Gasteiger partial charge < -0.3 is 5.32 Å². The minimum Gasteiger partial charge on any atom is -0.381 e. The van der Waals surface area contributed by atoms with E-state index >= 15 is 0 Å². The van der Waals surface area contributed by atoms with Gasteiger partial charge in [-0.25, -0.2) is 4.39 Å². The molecule has 0 bridgehead atoms. The number of halogens is 2. The molecule has 1 nitrogen and oxygen atoms in total. The van der Waals surface area contributed by atoms with Crippen LogP contribution in [0.1, 0.15) is 22.3 Å². The third kappa shape index (κ3) is 3.35. The van der Waals surface area contributed by atoms with Crippen LogP contribution in [-0.2, 0) is 6.54 Å². The summed E-state index contributed by atoms with van der Waals surface area (Å²) in [6.07, 6.45) is 0. The van der Waals surface area contributed by atoms with Crippen molar-refractivity contribution < 1.29 is 4.39 Å². The zero-order valence-electron chi connectivity index (χ0n) is 11.3. The molecule has 0 aromatic heterocycles. The van der Waals surface area contributed by atoms with Crippen molar-refractivity contribution in [3.8, 4) is 0 Å². The second-order valence-corrected chi connectivity index (χ2v) is 5.72. The van der Waals surface area contributed by atoms with Gasteiger partial charge in [-0.3, -0.25) is 0 Å². The molecule has 0 aliphatic heterocycles. The fraction of sp³-hybridized carbons (Fsp3) is 0.250. The molecule has 2 aromatic rings. The van der Waals surface area contributed by atoms with Crippen LogP contribution in [0, 0.1) is 26.6 Å². The molecule has 1 N–H and O–H groups in total.